The van der Waals surface area contributed by atoms with Gasteiger partial charge in [-0.1, -0.05) is 24.3 Å². The third-order valence-corrected chi connectivity index (χ3v) is 12.8. The Morgan fingerprint density at radius 1 is 0.828 bits per heavy atom. The van der Waals surface area contributed by atoms with Gasteiger partial charge in [0.05, 0.1) is 6.20 Å². The summed E-state index contributed by atoms with van der Waals surface area (Å²) in [4.78, 5) is 65.3. The van der Waals surface area contributed by atoms with E-state index in [1.165, 1.54) is 12.3 Å². The summed E-state index contributed by atoms with van der Waals surface area (Å²) in [6.07, 6.45) is 11.8. The van der Waals surface area contributed by atoms with Crippen LogP contribution in [-0.4, -0.2) is 74.8 Å². The lowest BCUT2D eigenvalue weighted by Crippen LogP contribution is -2.51. The van der Waals surface area contributed by atoms with Crippen LogP contribution in [0.2, 0.25) is 0 Å². The zero-order valence-corrected chi connectivity index (χ0v) is 32.5. The van der Waals surface area contributed by atoms with E-state index in [9.17, 15) is 19.2 Å². The van der Waals surface area contributed by atoms with Crippen LogP contribution in [0.3, 0.4) is 0 Å². The van der Waals surface area contributed by atoms with Gasteiger partial charge < -0.3 is 25.8 Å². The van der Waals surface area contributed by atoms with Gasteiger partial charge in [-0.3, -0.25) is 24.5 Å². The first kappa shape index (κ1) is 39.3. The molecule has 4 aliphatic rings. The van der Waals surface area contributed by atoms with Crippen molar-refractivity contribution in [2.24, 2.45) is 11.7 Å². The minimum absolute atomic E-state index is 0.0703. The highest BCUT2D eigenvalue weighted by atomic mass is 19.1. The maximum absolute atomic E-state index is 15.6. The topological polar surface area (TPSA) is 166 Å². The van der Waals surface area contributed by atoms with Crippen LogP contribution in [0.25, 0.3) is 22.4 Å². The lowest BCUT2D eigenvalue weighted by atomic mass is 9.82. The molecule has 2 aliphatic heterocycles. The minimum Gasteiger partial charge on any atom is -0.374 e. The predicted molar refractivity (Wildman–Crippen MR) is 217 cm³/mol. The number of halogens is 2. The molecule has 2 aromatic heterocycles. The van der Waals surface area contributed by atoms with Crippen molar-refractivity contribution in [3.63, 3.8) is 0 Å². The number of likely N-dealkylation sites (tertiary alicyclic amines) is 1. The summed E-state index contributed by atoms with van der Waals surface area (Å²) in [5, 5.41) is 5.40. The van der Waals surface area contributed by atoms with Crippen LogP contribution in [0.4, 0.5) is 20.4 Å². The van der Waals surface area contributed by atoms with Gasteiger partial charge in [-0.15, -0.1) is 0 Å². The third-order valence-electron chi connectivity index (χ3n) is 12.8. The Hall–Kier alpha value is -5.50. The molecule has 14 heteroatoms. The first-order valence-electron chi connectivity index (χ1n) is 20.6. The molecule has 5 N–H and O–H groups in total. The van der Waals surface area contributed by atoms with E-state index in [4.69, 9.17) is 10.7 Å². The van der Waals surface area contributed by atoms with Crippen molar-refractivity contribution in [1.82, 2.24) is 25.2 Å². The summed E-state index contributed by atoms with van der Waals surface area (Å²) in [6.45, 7) is 1.74. The molecule has 3 amide bonds. The zero-order chi connectivity index (χ0) is 40.3. The Balaban J connectivity index is 0.939. The number of piperidine rings is 2. The second-order valence-corrected chi connectivity index (χ2v) is 16.3. The number of carbonyl (C=O) groups is 3. The van der Waals surface area contributed by atoms with Crippen LogP contribution in [0.15, 0.2) is 71.8 Å². The molecule has 304 valence electrons. The molecule has 1 atom stereocenters. The van der Waals surface area contributed by atoms with Crippen LogP contribution < -0.4 is 26.8 Å². The average molecular weight is 793 g/mol. The molecule has 0 radical (unpaired) electrons. The first-order chi connectivity index (χ1) is 28.1. The number of aromatic amines is 1. The Morgan fingerprint density at radius 2 is 1.55 bits per heavy atom. The van der Waals surface area contributed by atoms with Gasteiger partial charge in [-0.25, -0.2) is 18.7 Å². The summed E-state index contributed by atoms with van der Waals surface area (Å²) in [5.74, 6) is -1.38. The van der Waals surface area contributed by atoms with Gasteiger partial charge in [0.25, 0.3) is 5.56 Å². The fraction of sp³-hybridized carbons (Fsp3) is 0.455. The molecule has 2 saturated heterocycles. The van der Waals surface area contributed by atoms with E-state index in [2.05, 4.69) is 30.4 Å². The minimum atomic E-state index is -0.567. The van der Waals surface area contributed by atoms with E-state index in [1.54, 1.807) is 36.5 Å². The van der Waals surface area contributed by atoms with Crippen molar-refractivity contribution >= 4 is 29.4 Å². The van der Waals surface area contributed by atoms with Crippen molar-refractivity contribution in [3.8, 4) is 22.4 Å². The summed E-state index contributed by atoms with van der Waals surface area (Å²) >= 11 is 0. The second-order valence-electron chi connectivity index (χ2n) is 16.3. The number of rotatable bonds is 10. The molecule has 8 rings (SSSR count). The van der Waals surface area contributed by atoms with Crippen LogP contribution in [-0.2, 0) is 14.4 Å². The summed E-state index contributed by atoms with van der Waals surface area (Å²) in [5.41, 5.74) is 8.54. The largest absolute Gasteiger partial charge is 0.374 e. The van der Waals surface area contributed by atoms with Crippen molar-refractivity contribution in [2.45, 2.75) is 107 Å². The zero-order valence-electron chi connectivity index (χ0n) is 32.5. The molecule has 0 unspecified atom stereocenters. The van der Waals surface area contributed by atoms with E-state index in [1.807, 2.05) is 18.2 Å². The SMILES string of the molecule is NC(=O)C1CCC(N(c2ncc(F)c(-c3cccc(-c4ccc[nH]c4=O)c3)n2)C2CCC(N3CCC(c4ccc(N[C@@H]5CCC(=O)NC5=O)cc4F)CC3)CC2)CC1. The fourth-order valence-electron chi connectivity index (χ4n) is 9.69. The van der Waals surface area contributed by atoms with Crippen LogP contribution in [0.1, 0.15) is 88.5 Å². The molecule has 4 aromatic rings. The number of anilines is 2. The molecule has 0 spiro atoms. The predicted octanol–water partition coefficient (Wildman–Crippen LogP) is 6.04. The number of nitrogens with zero attached hydrogens (tertiary/aromatic N) is 4. The van der Waals surface area contributed by atoms with Crippen molar-refractivity contribution < 1.29 is 23.2 Å². The number of benzene rings is 2. The standard InChI is InChI=1S/C44H50F2N8O4/c45-36-24-30(50-38-16-17-39(55)51-43(38)58)8-15-34(36)26-18-21-53(22-19-26)31-11-13-33(14-12-31)54(32-9-6-27(7-10-32)41(47)56)44-49-25-37(46)40(52-44)29-4-1-3-28(23-29)35-5-2-20-48-42(35)57/h1-5,8,15,20,23-27,31-33,38,50H,6-7,9-14,16-19,21-22H2,(H2,47,56)(H,48,57)(H,51,55,58)/t27?,31?,32?,33?,38-/m1/s1. The lowest BCUT2D eigenvalue weighted by molar-refractivity contribution is -0.133. The Labute approximate surface area is 336 Å². The Kier molecular flexibility index (Phi) is 11.6. The number of imide groups is 1. The third kappa shape index (κ3) is 8.52. The molecule has 58 heavy (non-hydrogen) atoms. The van der Waals surface area contributed by atoms with Gasteiger partial charge in [0, 0.05) is 53.5 Å². The number of amides is 3. The fourth-order valence-corrected chi connectivity index (χ4v) is 9.69. The number of nitrogens with two attached hydrogens (primary N) is 1. The molecule has 2 aliphatic carbocycles. The molecule has 0 bridgehead atoms. The number of primary amides is 1. The van der Waals surface area contributed by atoms with Gasteiger partial charge in [-0.05, 0) is 131 Å². The van der Waals surface area contributed by atoms with Gasteiger partial charge in [0.15, 0.2) is 5.82 Å². The van der Waals surface area contributed by atoms with Crippen molar-refractivity contribution in [2.75, 3.05) is 23.3 Å². The smallest absolute Gasteiger partial charge is 0.255 e. The highest BCUT2D eigenvalue weighted by molar-refractivity contribution is 6.01. The summed E-state index contributed by atoms with van der Waals surface area (Å²) < 4.78 is 31.0. The van der Waals surface area contributed by atoms with Gasteiger partial charge in [0.2, 0.25) is 23.7 Å². The molecule has 12 nitrogen and oxygen atoms in total. The highest BCUT2D eigenvalue weighted by Gasteiger charge is 2.38. The Bertz CT molecular complexity index is 2210. The lowest BCUT2D eigenvalue weighted by Gasteiger charge is -2.46. The molecule has 2 saturated carbocycles. The molecular formula is C44H50F2N8O4. The maximum Gasteiger partial charge on any atom is 0.255 e. The average Bonchev–Trinajstić information content (AvgIpc) is 3.23. The Morgan fingerprint density at radius 3 is 2.24 bits per heavy atom. The number of hydrogen-bond acceptors (Lipinski definition) is 9. The normalized spacial score (nSPS) is 24.6. The second kappa shape index (κ2) is 17.2. The van der Waals surface area contributed by atoms with Crippen molar-refractivity contribution in [1.29, 1.82) is 0 Å². The molecule has 4 heterocycles. The first-order valence-corrected chi connectivity index (χ1v) is 20.6. The van der Waals surface area contributed by atoms with Crippen molar-refractivity contribution in [3.05, 3.63) is 94.5 Å². The van der Waals surface area contributed by atoms with Crippen LogP contribution in [0, 0.1) is 17.6 Å². The van der Waals surface area contributed by atoms with E-state index in [0.29, 0.717) is 59.2 Å². The number of hydrogen-bond donors (Lipinski definition) is 4. The number of pyridine rings is 1. The highest BCUT2D eigenvalue weighted by Crippen LogP contribution is 2.39. The van der Waals surface area contributed by atoms with Crippen LogP contribution in [0.5, 0.6) is 0 Å². The number of carbonyl (C=O) groups excluding carboxylic acids is 3. The molecular weight excluding hydrogens is 743 g/mol. The number of nitrogens with one attached hydrogen (secondary N) is 3. The number of aromatic nitrogens is 3. The summed E-state index contributed by atoms with van der Waals surface area (Å²) in [7, 11) is 0. The van der Waals surface area contributed by atoms with E-state index in [-0.39, 0.29) is 65.1 Å². The quantitative estimate of drug-likeness (QED) is 0.140. The van der Waals surface area contributed by atoms with Crippen LogP contribution >= 0.6 is 0 Å². The monoisotopic (exact) mass is 792 g/mol. The van der Waals surface area contributed by atoms with Gasteiger partial charge in [-0.2, -0.15) is 0 Å². The van der Waals surface area contributed by atoms with Gasteiger partial charge >= 0.3 is 0 Å². The van der Waals surface area contributed by atoms with E-state index in [0.717, 1.165) is 64.5 Å². The molecule has 2 aromatic carbocycles. The van der Waals surface area contributed by atoms with E-state index >= 15 is 8.78 Å². The maximum atomic E-state index is 15.6. The van der Waals surface area contributed by atoms with E-state index < -0.39 is 11.9 Å². The molecule has 4 fully saturated rings. The number of H-pyrrole nitrogens is 1. The summed E-state index contributed by atoms with van der Waals surface area (Å²) in [6, 6.07) is 15.8. The van der Waals surface area contributed by atoms with Gasteiger partial charge in [0.1, 0.15) is 17.6 Å².